The summed E-state index contributed by atoms with van der Waals surface area (Å²) in [6.07, 6.45) is 1.14. The topological polar surface area (TPSA) is 25.2 Å². The van der Waals surface area contributed by atoms with Gasteiger partial charge < -0.3 is 9.73 Å². The van der Waals surface area contributed by atoms with Crippen molar-refractivity contribution < 1.29 is 4.42 Å². The first-order chi connectivity index (χ1) is 9.47. The third-order valence-corrected chi connectivity index (χ3v) is 4.24. The van der Waals surface area contributed by atoms with Gasteiger partial charge in [-0.15, -0.1) is 0 Å². The van der Waals surface area contributed by atoms with E-state index in [1.807, 2.05) is 26.1 Å². The average Bonchev–Trinajstić information content (AvgIpc) is 2.87. The normalized spacial score (nSPS) is 13.4. The molecule has 1 unspecified atom stereocenters. The molecule has 108 valence electrons. The number of benzene rings is 1. The minimum absolute atomic E-state index is 0.113. The molecule has 20 heavy (non-hydrogen) atoms. The fraction of sp³-hybridized carbons (Fsp3) is 0.444. The van der Waals surface area contributed by atoms with E-state index in [0.29, 0.717) is 0 Å². The van der Waals surface area contributed by atoms with Crippen LogP contribution in [-0.4, -0.2) is 7.05 Å². The standard InChI is InChI=1S/C18H25NO/c1-6-18(3,4)15-10-8-14(9-11-15)17(19-5)16-12-7-13(2)20-16/h7-12,17,19H,6H2,1-5H3. The molecule has 0 aliphatic heterocycles. The van der Waals surface area contributed by atoms with Crippen LogP contribution in [0.1, 0.15) is 55.9 Å². The molecular weight excluding hydrogens is 246 g/mol. The number of hydrogen-bond donors (Lipinski definition) is 1. The Morgan fingerprint density at radius 1 is 1.10 bits per heavy atom. The molecule has 1 aromatic carbocycles. The fourth-order valence-corrected chi connectivity index (χ4v) is 2.41. The quantitative estimate of drug-likeness (QED) is 0.860. The van der Waals surface area contributed by atoms with Gasteiger partial charge in [0.15, 0.2) is 0 Å². The molecule has 0 spiro atoms. The van der Waals surface area contributed by atoms with E-state index < -0.39 is 0 Å². The molecule has 2 nitrogen and oxygen atoms in total. The first-order valence-corrected chi connectivity index (χ1v) is 7.32. The summed E-state index contributed by atoms with van der Waals surface area (Å²) in [6, 6.07) is 13.0. The van der Waals surface area contributed by atoms with Gasteiger partial charge in [0.05, 0.1) is 6.04 Å². The molecule has 1 N–H and O–H groups in total. The summed E-state index contributed by atoms with van der Waals surface area (Å²) in [6.45, 7) is 8.78. The highest BCUT2D eigenvalue weighted by Gasteiger charge is 2.20. The average molecular weight is 271 g/mol. The van der Waals surface area contributed by atoms with Crippen LogP contribution in [0.4, 0.5) is 0 Å². The van der Waals surface area contributed by atoms with Crippen molar-refractivity contribution >= 4 is 0 Å². The van der Waals surface area contributed by atoms with Crippen molar-refractivity contribution in [2.24, 2.45) is 0 Å². The molecule has 0 aliphatic rings. The molecule has 0 fully saturated rings. The monoisotopic (exact) mass is 271 g/mol. The fourth-order valence-electron chi connectivity index (χ4n) is 2.41. The maximum Gasteiger partial charge on any atom is 0.125 e. The summed E-state index contributed by atoms with van der Waals surface area (Å²) in [4.78, 5) is 0. The smallest absolute Gasteiger partial charge is 0.125 e. The summed E-state index contributed by atoms with van der Waals surface area (Å²) in [7, 11) is 1.96. The molecule has 0 bridgehead atoms. The highest BCUT2D eigenvalue weighted by Crippen LogP contribution is 2.29. The first-order valence-electron chi connectivity index (χ1n) is 7.32. The highest BCUT2D eigenvalue weighted by atomic mass is 16.3. The van der Waals surface area contributed by atoms with E-state index in [-0.39, 0.29) is 11.5 Å². The lowest BCUT2D eigenvalue weighted by atomic mass is 9.82. The Hall–Kier alpha value is -1.54. The van der Waals surface area contributed by atoms with E-state index in [4.69, 9.17) is 4.42 Å². The Morgan fingerprint density at radius 3 is 2.20 bits per heavy atom. The lowest BCUT2D eigenvalue weighted by molar-refractivity contribution is 0.444. The van der Waals surface area contributed by atoms with E-state index >= 15 is 0 Å². The lowest BCUT2D eigenvalue weighted by Crippen LogP contribution is -2.18. The van der Waals surface area contributed by atoms with Gasteiger partial charge >= 0.3 is 0 Å². The van der Waals surface area contributed by atoms with Gasteiger partial charge in [-0.3, -0.25) is 0 Å². The van der Waals surface area contributed by atoms with Gasteiger partial charge in [-0.25, -0.2) is 0 Å². The zero-order chi connectivity index (χ0) is 14.8. The van der Waals surface area contributed by atoms with Crippen LogP contribution < -0.4 is 5.32 Å². The Kier molecular flexibility index (Phi) is 4.34. The van der Waals surface area contributed by atoms with Crippen molar-refractivity contribution in [3.05, 3.63) is 59.0 Å². The molecule has 1 atom stereocenters. The van der Waals surface area contributed by atoms with Crippen molar-refractivity contribution in [2.45, 2.75) is 45.6 Å². The summed E-state index contributed by atoms with van der Waals surface area (Å²) in [5, 5.41) is 3.33. The van der Waals surface area contributed by atoms with E-state index in [0.717, 1.165) is 17.9 Å². The second-order valence-corrected chi connectivity index (χ2v) is 6.03. The number of hydrogen-bond acceptors (Lipinski definition) is 2. The van der Waals surface area contributed by atoms with Crippen LogP contribution in [-0.2, 0) is 5.41 Å². The summed E-state index contributed by atoms with van der Waals surface area (Å²) < 4.78 is 5.75. The Bertz CT molecular complexity index is 551. The van der Waals surface area contributed by atoms with E-state index in [1.54, 1.807) is 0 Å². The molecule has 0 radical (unpaired) electrons. The zero-order valence-electron chi connectivity index (χ0n) is 13.2. The molecule has 0 saturated carbocycles. The van der Waals surface area contributed by atoms with Crippen LogP contribution in [0.2, 0.25) is 0 Å². The third kappa shape index (κ3) is 2.96. The van der Waals surface area contributed by atoms with E-state index in [1.165, 1.54) is 11.1 Å². The predicted molar refractivity (Wildman–Crippen MR) is 84.1 cm³/mol. The van der Waals surface area contributed by atoms with Crippen molar-refractivity contribution in [1.82, 2.24) is 5.32 Å². The number of nitrogens with one attached hydrogen (secondary N) is 1. The number of furan rings is 1. The van der Waals surface area contributed by atoms with Crippen LogP contribution in [0.5, 0.6) is 0 Å². The van der Waals surface area contributed by atoms with Gasteiger partial charge in [0.1, 0.15) is 11.5 Å². The molecule has 2 rings (SSSR count). The zero-order valence-corrected chi connectivity index (χ0v) is 13.2. The minimum Gasteiger partial charge on any atom is -0.464 e. The first kappa shape index (κ1) is 14.9. The second kappa shape index (κ2) is 5.84. The van der Waals surface area contributed by atoms with Crippen LogP contribution in [0.3, 0.4) is 0 Å². The molecule has 2 aromatic rings. The van der Waals surface area contributed by atoms with Gasteiger partial charge in [0.25, 0.3) is 0 Å². The molecule has 0 saturated heterocycles. The molecule has 2 heteroatoms. The largest absolute Gasteiger partial charge is 0.464 e. The van der Waals surface area contributed by atoms with Crippen molar-refractivity contribution in [3.63, 3.8) is 0 Å². The third-order valence-electron chi connectivity index (χ3n) is 4.24. The van der Waals surface area contributed by atoms with Crippen LogP contribution in [0.25, 0.3) is 0 Å². The Labute approximate surface area is 122 Å². The number of rotatable bonds is 5. The molecule has 1 heterocycles. The van der Waals surface area contributed by atoms with Crippen molar-refractivity contribution in [2.75, 3.05) is 7.05 Å². The van der Waals surface area contributed by atoms with Crippen molar-refractivity contribution in [3.8, 4) is 0 Å². The van der Waals surface area contributed by atoms with Crippen LogP contribution in [0, 0.1) is 6.92 Å². The SMILES string of the molecule is CCC(C)(C)c1ccc(C(NC)c2ccc(C)o2)cc1. The van der Waals surface area contributed by atoms with Crippen molar-refractivity contribution in [1.29, 1.82) is 0 Å². The molecule has 0 aliphatic carbocycles. The summed E-state index contributed by atoms with van der Waals surface area (Å²) in [5.74, 6) is 1.91. The molecule has 0 amide bonds. The van der Waals surface area contributed by atoms with Gasteiger partial charge in [0.2, 0.25) is 0 Å². The Morgan fingerprint density at radius 2 is 1.75 bits per heavy atom. The highest BCUT2D eigenvalue weighted by molar-refractivity contribution is 5.33. The van der Waals surface area contributed by atoms with E-state index in [9.17, 15) is 0 Å². The number of aryl methyl sites for hydroxylation is 1. The summed E-state index contributed by atoms with van der Waals surface area (Å²) >= 11 is 0. The van der Waals surface area contributed by atoms with Gasteiger partial charge in [-0.2, -0.15) is 0 Å². The molecule has 1 aromatic heterocycles. The van der Waals surface area contributed by atoms with Crippen LogP contribution in [0.15, 0.2) is 40.8 Å². The van der Waals surface area contributed by atoms with Gasteiger partial charge in [-0.05, 0) is 49.1 Å². The Balaban J connectivity index is 2.28. The predicted octanol–water partition coefficient (Wildman–Crippen LogP) is 4.58. The van der Waals surface area contributed by atoms with Crippen LogP contribution >= 0.6 is 0 Å². The minimum atomic E-state index is 0.113. The molecular formula is C18H25NO. The summed E-state index contributed by atoms with van der Waals surface area (Å²) in [5.41, 5.74) is 2.85. The maximum atomic E-state index is 5.75. The van der Waals surface area contributed by atoms with Gasteiger partial charge in [0, 0.05) is 0 Å². The maximum absolute atomic E-state index is 5.75. The second-order valence-electron chi connectivity index (χ2n) is 6.03. The lowest BCUT2D eigenvalue weighted by Gasteiger charge is -2.24. The van der Waals surface area contributed by atoms with E-state index in [2.05, 4.69) is 50.4 Å². The van der Waals surface area contributed by atoms with Gasteiger partial charge in [-0.1, -0.05) is 45.0 Å².